The summed E-state index contributed by atoms with van der Waals surface area (Å²) in [7, 11) is 0. The summed E-state index contributed by atoms with van der Waals surface area (Å²) in [5, 5.41) is 0. The zero-order chi connectivity index (χ0) is 43.2. The Kier molecular flexibility index (Phi) is 24.1. The van der Waals surface area contributed by atoms with Crippen LogP contribution in [0.25, 0.3) is 0 Å². The van der Waals surface area contributed by atoms with E-state index in [-0.39, 0.29) is 23.1 Å². The van der Waals surface area contributed by atoms with Gasteiger partial charge in [0, 0.05) is 24.3 Å². The molecule has 0 fully saturated rings. The largest absolute Gasteiger partial charge is 0.494 e. The zero-order valence-corrected chi connectivity index (χ0v) is 34.7. The smallest absolute Gasteiger partial charge is 0.343 e. The fourth-order valence-corrected chi connectivity index (χ4v) is 6.09. The monoisotopic (exact) mass is 834 g/mol. The Balaban J connectivity index is 1.27. The van der Waals surface area contributed by atoms with Gasteiger partial charge in [-0.25, -0.2) is 28.0 Å². The Morgan fingerprint density at radius 3 is 1.02 bits per heavy atom. The van der Waals surface area contributed by atoms with Gasteiger partial charge in [0.1, 0.15) is 11.5 Å². The molecule has 0 saturated heterocycles. The van der Waals surface area contributed by atoms with Crippen molar-refractivity contribution in [3.8, 4) is 23.0 Å². The lowest BCUT2D eigenvalue weighted by Crippen LogP contribution is -2.12. The van der Waals surface area contributed by atoms with Gasteiger partial charge in [-0.05, 0) is 74.2 Å². The van der Waals surface area contributed by atoms with Crippen molar-refractivity contribution in [3.63, 3.8) is 0 Å². The van der Waals surface area contributed by atoms with Crippen molar-refractivity contribution < 1.29 is 56.4 Å². The first-order valence-electron chi connectivity index (χ1n) is 21.2. The molecule has 0 aliphatic heterocycles. The predicted molar refractivity (Wildman–Crippen MR) is 226 cm³/mol. The van der Waals surface area contributed by atoms with E-state index in [1.54, 1.807) is 24.3 Å². The van der Waals surface area contributed by atoms with Crippen LogP contribution >= 0.6 is 0 Å². The lowest BCUT2D eigenvalue weighted by Gasteiger charge is -2.11. The molecule has 60 heavy (non-hydrogen) atoms. The fourth-order valence-electron chi connectivity index (χ4n) is 6.09. The van der Waals surface area contributed by atoms with Gasteiger partial charge in [0.05, 0.1) is 37.6 Å². The molecule has 0 aliphatic rings. The van der Waals surface area contributed by atoms with Crippen LogP contribution in [0.4, 0.5) is 8.78 Å². The minimum atomic E-state index is -1.08. The molecule has 0 aromatic heterocycles. The van der Waals surface area contributed by atoms with Gasteiger partial charge in [-0.2, -0.15) is 0 Å². The number of benzene rings is 3. The summed E-state index contributed by atoms with van der Waals surface area (Å²) >= 11 is 0. The van der Waals surface area contributed by atoms with Gasteiger partial charge in [0.25, 0.3) is 0 Å². The van der Waals surface area contributed by atoms with Crippen LogP contribution in [-0.4, -0.2) is 50.3 Å². The second kappa shape index (κ2) is 29.7. The Bertz CT molecular complexity index is 1630. The number of carbonyl (C=O) groups is 4. The van der Waals surface area contributed by atoms with Crippen LogP contribution in [-0.2, 0) is 19.1 Å². The summed E-state index contributed by atoms with van der Waals surface area (Å²) in [6.07, 6.45) is 21.4. The van der Waals surface area contributed by atoms with Crippen LogP contribution in [0.1, 0.15) is 136 Å². The van der Waals surface area contributed by atoms with Crippen LogP contribution in [0.15, 0.2) is 86.0 Å². The molecule has 0 radical (unpaired) electrons. The molecule has 3 rings (SSSR count). The summed E-state index contributed by atoms with van der Waals surface area (Å²) in [6, 6.07) is 13.7. The van der Waals surface area contributed by atoms with Crippen molar-refractivity contribution in [3.05, 3.63) is 109 Å². The van der Waals surface area contributed by atoms with E-state index >= 15 is 0 Å². The summed E-state index contributed by atoms with van der Waals surface area (Å²) in [6.45, 7) is 8.68. The number of ether oxygens (including phenoxy) is 6. The third-order valence-corrected chi connectivity index (χ3v) is 9.51. The van der Waals surface area contributed by atoms with E-state index in [4.69, 9.17) is 28.4 Å². The fraction of sp³-hybridized carbons (Fsp3) is 0.458. The molecule has 326 valence electrons. The Morgan fingerprint density at radius 2 is 0.717 bits per heavy atom. The van der Waals surface area contributed by atoms with Gasteiger partial charge in [-0.1, -0.05) is 103 Å². The molecule has 0 atom stereocenters. The third-order valence-electron chi connectivity index (χ3n) is 9.51. The quantitative estimate of drug-likeness (QED) is 0.0260. The average Bonchev–Trinajstić information content (AvgIpc) is 3.25. The first kappa shape index (κ1) is 48.8. The molecular formula is C48H60F2O10. The molecule has 0 bridgehead atoms. The third kappa shape index (κ3) is 20.4. The van der Waals surface area contributed by atoms with Crippen LogP contribution in [0.5, 0.6) is 23.0 Å². The molecule has 0 N–H and O–H groups in total. The van der Waals surface area contributed by atoms with Gasteiger partial charge in [-0.3, -0.25) is 0 Å². The van der Waals surface area contributed by atoms with Crippen LogP contribution in [0, 0.1) is 11.6 Å². The van der Waals surface area contributed by atoms with Crippen molar-refractivity contribution in [1.82, 2.24) is 0 Å². The van der Waals surface area contributed by atoms with E-state index in [2.05, 4.69) is 13.2 Å². The maximum absolute atomic E-state index is 14.9. The molecule has 12 heteroatoms. The lowest BCUT2D eigenvalue weighted by atomic mass is 10.1. The molecule has 0 spiro atoms. The van der Waals surface area contributed by atoms with Gasteiger partial charge in [0.15, 0.2) is 23.1 Å². The minimum Gasteiger partial charge on any atom is -0.494 e. The average molecular weight is 835 g/mol. The van der Waals surface area contributed by atoms with Crippen molar-refractivity contribution in [2.75, 3.05) is 26.4 Å². The highest BCUT2D eigenvalue weighted by atomic mass is 19.1. The summed E-state index contributed by atoms with van der Waals surface area (Å²) < 4.78 is 61.5. The minimum absolute atomic E-state index is 0.115. The van der Waals surface area contributed by atoms with Gasteiger partial charge in [0.2, 0.25) is 0 Å². The number of esters is 4. The molecule has 0 unspecified atom stereocenters. The Morgan fingerprint density at radius 1 is 0.433 bits per heavy atom. The molecule has 10 nitrogen and oxygen atoms in total. The van der Waals surface area contributed by atoms with Crippen molar-refractivity contribution in [2.45, 2.75) is 116 Å². The topological polar surface area (TPSA) is 124 Å². The second-order valence-corrected chi connectivity index (χ2v) is 14.3. The highest BCUT2D eigenvalue weighted by molar-refractivity contribution is 5.92. The van der Waals surface area contributed by atoms with Gasteiger partial charge >= 0.3 is 23.9 Å². The summed E-state index contributed by atoms with van der Waals surface area (Å²) in [5.41, 5.74) is 0.230. The van der Waals surface area contributed by atoms with E-state index < -0.39 is 35.1 Å². The highest BCUT2D eigenvalue weighted by Gasteiger charge is 2.19. The molecule has 0 aliphatic carbocycles. The summed E-state index contributed by atoms with van der Waals surface area (Å²) in [5.74, 6) is -4.87. The molecule has 0 heterocycles. The number of hydrogen-bond donors (Lipinski definition) is 0. The van der Waals surface area contributed by atoms with Crippen LogP contribution < -0.4 is 18.9 Å². The van der Waals surface area contributed by atoms with Crippen LogP contribution in [0.3, 0.4) is 0 Å². The Labute approximate surface area is 353 Å². The van der Waals surface area contributed by atoms with Crippen molar-refractivity contribution in [2.24, 2.45) is 0 Å². The van der Waals surface area contributed by atoms with Crippen molar-refractivity contribution >= 4 is 23.9 Å². The standard InChI is InChI=1S/C48H60F2O10/c1-3-45(51)57-33-21-17-13-9-5-7-11-15-19-31-55-39-27-23-37(24-28-39)47(53)59-43-35-42(50)44(36-41(43)49)60-48(54)38-25-29-40(30-26-38)56-32-20-16-12-8-6-10-14-18-22-34-58-46(52)4-2/h3-4,23-30,35-36H,1-2,5-22,31-34H2. The molecule has 3 aromatic carbocycles. The molecule has 3 aromatic rings. The molecular weight excluding hydrogens is 775 g/mol. The number of carbonyl (C=O) groups excluding carboxylic acids is 4. The predicted octanol–water partition coefficient (Wildman–Crippen LogP) is 11.6. The van der Waals surface area contributed by atoms with E-state index in [1.165, 1.54) is 36.4 Å². The van der Waals surface area contributed by atoms with Crippen molar-refractivity contribution in [1.29, 1.82) is 0 Å². The highest BCUT2D eigenvalue weighted by Crippen LogP contribution is 2.28. The number of rotatable bonds is 32. The SMILES string of the molecule is C=CC(=O)OCCCCCCCCCCCOc1ccc(C(=O)Oc2cc(F)c(OC(=O)c3ccc(OCCCCCCCCCCCOC(=O)C=C)cc3)cc2F)cc1. The second-order valence-electron chi connectivity index (χ2n) is 14.3. The van der Waals surface area contributed by atoms with E-state index in [1.807, 2.05) is 0 Å². The van der Waals surface area contributed by atoms with E-state index in [9.17, 15) is 28.0 Å². The summed E-state index contributed by atoms with van der Waals surface area (Å²) in [4.78, 5) is 47.4. The van der Waals surface area contributed by atoms with Crippen LogP contribution in [0.2, 0.25) is 0 Å². The number of halogens is 2. The maximum atomic E-state index is 14.9. The first-order valence-corrected chi connectivity index (χ1v) is 21.2. The van der Waals surface area contributed by atoms with E-state index in [0.717, 1.165) is 116 Å². The molecule has 0 saturated carbocycles. The zero-order valence-electron chi connectivity index (χ0n) is 34.7. The first-order chi connectivity index (χ1) is 29.2. The Hall–Kier alpha value is -5.52. The molecule has 0 amide bonds. The number of unbranched alkanes of at least 4 members (excludes halogenated alkanes) is 16. The van der Waals surface area contributed by atoms with Gasteiger partial charge < -0.3 is 28.4 Å². The van der Waals surface area contributed by atoms with Gasteiger partial charge in [-0.15, -0.1) is 0 Å². The maximum Gasteiger partial charge on any atom is 0.343 e. The normalized spacial score (nSPS) is 10.7. The lowest BCUT2D eigenvalue weighted by molar-refractivity contribution is -0.138. The van der Waals surface area contributed by atoms with E-state index in [0.29, 0.717) is 50.1 Å². The number of hydrogen-bond acceptors (Lipinski definition) is 10.